The van der Waals surface area contributed by atoms with Crippen LogP contribution in [-0.2, 0) is 6.54 Å². The van der Waals surface area contributed by atoms with E-state index in [0.717, 1.165) is 18.7 Å². The van der Waals surface area contributed by atoms with Crippen LogP contribution in [0, 0.1) is 6.92 Å². The number of aromatic nitrogens is 1. The van der Waals surface area contributed by atoms with Crippen LogP contribution in [0.5, 0.6) is 5.75 Å². The summed E-state index contributed by atoms with van der Waals surface area (Å²) in [5.74, 6) is 1.01. The van der Waals surface area contributed by atoms with Crippen molar-refractivity contribution < 1.29 is 4.74 Å². The summed E-state index contributed by atoms with van der Waals surface area (Å²) >= 11 is 0. The predicted octanol–water partition coefficient (Wildman–Crippen LogP) is 3.78. The zero-order valence-corrected chi connectivity index (χ0v) is 12.9. The zero-order chi connectivity index (χ0) is 14.9. The lowest BCUT2D eigenvalue weighted by Crippen LogP contribution is -2.39. The second-order valence-electron chi connectivity index (χ2n) is 6.40. The van der Waals surface area contributed by atoms with Crippen molar-refractivity contribution in [2.45, 2.75) is 45.4 Å². The summed E-state index contributed by atoms with van der Waals surface area (Å²) in [5.41, 5.74) is 3.55. The molecule has 0 saturated carbocycles. The molecular weight excluding hydrogens is 260 g/mol. The number of rotatable bonds is 3. The number of hydrogen-bond acceptors (Lipinski definition) is 3. The van der Waals surface area contributed by atoms with Crippen LogP contribution in [0.2, 0.25) is 0 Å². The maximum absolute atomic E-state index is 6.13. The van der Waals surface area contributed by atoms with Crippen LogP contribution in [0.3, 0.4) is 0 Å². The number of hydrogen-bond donors (Lipinski definition) is 1. The van der Waals surface area contributed by atoms with Crippen LogP contribution in [0.4, 0.5) is 0 Å². The highest BCUT2D eigenvalue weighted by molar-refractivity contribution is 5.41. The predicted molar refractivity (Wildman–Crippen MR) is 84.3 cm³/mol. The number of pyridine rings is 1. The topological polar surface area (TPSA) is 34.1 Å². The van der Waals surface area contributed by atoms with E-state index in [0.29, 0.717) is 6.04 Å². The van der Waals surface area contributed by atoms with Crippen molar-refractivity contribution in [1.29, 1.82) is 0 Å². The zero-order valence-electron chi connectivity index (χ0n) is 12.9. The fourth-order valence-corrected chi connectivity index (χ4v) is 2.88. The van der Waals surface area contributed by atoms with Gasteiger partial charge < -0.3 is 10.1 Å². The van der Waals surface area contributed by atoms with Gasteiger partial charge in [-0.15, -0.1) is 0 Å². The van der Waals surface area contributed by atoms with Crippen LogP contribution in [-0.4, -0.2) is 10.6 Å². The van der Waals surface area contributed by atoms with Crippen LogP contribution >= 0.6 is 0 Å². The molecule has 1 aliphatic heterocycles. The van der Waals surface area contributed by atoms with Gasteiger partial charge in [0, 0.05) is 37.0 Å². The molecule has 0 amide bonds. The molecule has 2 aromatic rings. The van der Waals surface area contributed by atoms with Crippen molar-refractivity contribution in [2.75, 3.05) is 0 Å². The average Bonchev–Trinajstić information content (AvgIpc) is 2.44. The highest BCUT2D eigenvalue weighted by atomic mass is 16.5. The van der Waals surface area contributed by atoms with Crippen molar-refractivity contribution in [2.24, 2.45) is 0 Å². The number of nitrogens with one attached hydrogen (secondary N) is 1. The summed E-state index contributed by atoms with van der Waals surface area (Å²) < 4.78 is 6.13. The molecule has 1 aliphatic rings. The maximum atomic E-state index is 6.13. The molecule has 1 atom stereocenters. The highest BCUT2D eigenvalue weighted by Crippen LogP contribution is 2.39. The minimum absolute atomic E-state index is 0.145. The molecular formula is C18H22N2O. The van der Waals surface area contributed by atoms with Gasteiger partial charge in [0.2, 0.25) is 0 Å². The molecule has 110 valence electrons. The largest absolute Gasteiger partial charge is 0.487 e. The van der Waals surface area contributed by atoms with Crippen molar-refractivity contribution >= 4 is 0 Å². The first-order valence-electron chi connectivity index (χ1n) is 7.45. The Morgan fingerprint density at radius 1 is 1.33 bits per heavy atom. The molecule has 1 aromatic heterocycles. The second kappa shape index (κ2) is 5.49. The van der Waals surface area contributed by atoms with Crippen LogP contribution in [0.1, 0.15) is 43.0 Å². The van der Waals surface area contributed by atoms with Gasteiger partial charge >= 0.3 is 0 Å². The third-order valence-corrected chi connectivity index (χ3v) is 3.90. The van der Waals surface area contributed by atoms with Crippen LogP contribution in [0.25, 0.3) is 0 Å². The van der Waals surface area contributed by atoms with E-state index in [-0.39, 0.29) is 5.60 Å². The second-order valence-corrected chi connectivity index (χ2v) is 6.40. The molecule has 2 heterocycles. The molecule has 0 fully saturated rings. The van der Waals surface area contributed by atoms with Crippen molar-refractivity contribution in [3.05, 3.63) is 59.4 Å². The number of benzene rings is 1. The smallest absolute Gasteiger partial charge is 0.125 e. The van der Waals surface area contributed by atoms with Gasteiger partial charge in [-0.3, -0.25) is 4.98 Å². The fraction of sp³-hybridized carbons (Fsp3) is 0.389. The minimum Gasteiger partial charge on any atom is -0.487 e. The monoisotopic (exact) mass is 282 g/mol. The quantitative estimate of drug-likeness (QED) is 0.930. The minimum atomic E-state index is -0.145. The Labute approximate surface area is 126 Å². The lowest BCUT2D eigenvalue weighted by molar-refractivity contribution is 0.0656. The van der Waals surface area contributed by atoms with Crippen LogP contribution < -0.4 is 10.1 Å². The molecule has 1 aromatic carbocycles. The van der Waals surface area contributed by atoms with E-state index < -0.39 is 0 Å². The summed E-state index contributed by atoms with van der Waals surface area (Å²) in [5, 5.41) is 3.65. The lowest BCUT2D eigenvalue weighted by atomic mass is 9.89. The molecule has 0 spiro atoms. The Hall–Kier alpha value is -1.87. The van der Waals surface area contributed by atoms with Crippen molar-refractivity contribution in [3.8, 4) is 5.75 Å². The van der Waals surface area contributed by atoms with Gasteiger partial charge in [0.1, 0.15) is 11.4 Å². The summed E-state index contributed by atoms with van der Waals surface area (Å²) in [6.45, 7) is 7.22. The van der Waals surface area contributed by atoms with E-state index in [9.17, 15) is 0 Å². The Morgan fingerprint density at radius 2 is 2.19 bits per heavy atom. The molecule has 0 saturated heterocycles. The lowest BCUT2D eigenvalue weighted by Gasteiger charge is -2.38. The fourth-order valence-electron chi connectivity index (χ4n) is 2.88. The van der Waals surface area contributed by atoms with Gasteiger partial charge in [0.15, 0.2) is 0 Å². The Bertz CT molecular complexity index is 622. The van der Waals surface area contributed by atoms with Gasteiger partial charge in [-0.1, -0.05) is 18.2 Å². The molecule has 3 rings (SSSR count). The number of fused-ring (bicyclic) bond motifs is 1. The van der Waals surface area contributed by atoms with E-state index >= 15 is 0 Å². The van der Waals surface area contributed by atoms with Crippen molar-refractivity contribution in [3.63, 3.8) is 0 Å². The Morgan fingerprint density at radius 3 is 2.95 bits per heavy atom. The molecule has 21 heavy (non-hydrogen) atoms. The third kappa shape index (κ3) is 3.24. The first kappa shape index (κ1) is 14.1. The molecule has 0 aliphatic carbocycles. The van der Waals surface area contributed by atoms with Crippen molar-refractivity contribution in [1.82, 2.24) is 10.3 Å². The van der Waals surface area contributed by atoms with E-state index in [1.807, 2.05) is 12.3 Å². The number of nitrogens with zero attached hydrogens (tertiary/aromatic N) is 1. The molecule has 1 unspecified atom stereocenters. The summed E-state index contributed by atoms with van der Waals surface area (Å²) in [4.78, 5) is 4.17. The van der Waals surface area contributed by atoms with Crippen LogP contribution in [0.15, 0.2) is 42.7 Å². The first-order valence-corrected chi connectivity index (χ1v) is 7.45. The van der Waals surface area contributed by atoms with Gasteiger partial charge in [0.05, 0.1) is 0 Å². The summed E-state index contributed by atoms with van der Waals surface area (Å²) in [6.07, 6.45) is 4.68. The van der Waals surface area contributed by atoms with E-state index in [4.69, 9.17) is 4.74 Å². The SMILES string of the molecule is Cc1ccc2c(c1)OC(C)(C)CC2NCc1cccnc1. The first-order chi connectivity index (χ1) is 10.0. The molecule has 3 nitrogen and oxygen atoms in total. The average molecular weight is 282 g/mol. The standard InChI is InChI=1S/C18H22N2O/c1-13-6-7-15-16(10-18(2,3)21-17(15)9-13)20-12-14-5-4-8-19-11-14/h4-9,11,16,20H,10,12H2,1-3H3. The van der Waals surface area contributed by atoms with Gasteiger partial charge in [0.25, 0.3) is 0 Å². The summed E-state index contributed by atoms with van der Waals surface area (Å²) in [6, 6.07) is 10.8. The number of ether oxygens (including phenoxy) is 1. The maximum Gasteiger partial charge on any atom is 0.125 e. The number of aryl methyl sites for hydroxylation is 1. The van der Waals surface area contributed by atoms with E-state index in [2.05, 4.69) is 55.3 Å². The molecule has 0 radical (unpaired) electrons. The van der Waals surface area contributed by atoms with E-state index in [1.54, 1.807) is 6.20 Å². The van der Waals surface area contributed by atoms with E-state index in [1.165, 1.54) is 16.7 Å². The normalized spacial score (nSPS) is 19.7. The van der Waals surface area contributed by atoms with Gasteiger partial charge in [-0.25, -0.2) is 0 Å². The molecule has 1 N–H and O–H groups in total. The Kier molecular flexibility index (Phi) is 3.68. The highest BCUT2D eigenvalue weighted by Gasteiger charge is 2.33. The van der Waals surface area contributed by atoms with Gasteiger partial charge in [-0.2, -0.15) is 0 Å². The third-order valence-electron chi connectivity index (χ3n) is 3.90. The Balaban J connectivity index is 1.82. The summed E-state index contributed by atoms with van der Waals surface area (Å²) in [7, 11) is 0. The van der Waals surface area contributed by atoms with Gasteiger partial charge in [-0.05, 0) is 44.0 Å². The molecule has 0 bridgehead atoms. The molecule has 3 heteroatoms.